The quantitative estimate of drug-likeness (QED) is 0.881. The molecule has 1 aromatic rings. The molecular weight excluding hydrogens is 325 g/mol. The molecule has 1 aliphatic rings. The molecule has 132 valence electrons. The van der Waals surface area contributed by atoms with Crippen molar-refractivity contribution < 1.29 is 27.9 Å². The van der Waals surface area contributed by atoms with Gasteiger partial charge in [-0.3, -0.25) is 14.5 Å². The van der Waals surface area contributed by atoms with Gasteiger partial charge in [-0.15, -0.1) is 0 Å². The first-order chi connectivity index (χ1) is 11.2. The van der Waals surface area contributed by atoms with Gasteiger partial charge in [-0.25, -0.2) is 0 Å². The van der Waals surface area contributed by atoms with E-state index >= 15 is 0 Å². The number of halogens is 3. The lowest BCUT2D eigenvalue weighted by Crippen LogP contribution is -2.46. The molecule has 0 aliphatic carbocycles. The number of hydrogen-bond acceptors (Lipinski definition) is 3. The minimum Gasteiger partial charge on any atom is -0.481 e. The Balaban J connectivity index is 1.91. The van der Waals surface area contributed by atoms with E-state index in [1.165, 1.54) is 12.1 Å². The SMILES string of the molecule is CC(C(=O)Nc1ccc(C(F)(F)F)cc1)N1CCC(C(=O)O)CC1. The second kappa shape index (κ2) is 7.21. The number of aliphatic carboxylic acids is 1. The second-order valence-corrected chi connectivity index (χ2v) is 5.89. The number of benzene rings is 1. The number of alkyl halides is 3. The number of amides is 1. The van der Waals surface area contributed by atoms with Crippen LogP contribution >= 0.6 is 0 Å². The molecule has 0 saturated carbocycles. The van der Waals surface area contributed by atoms with Gasteiger partial charge in [-0.05, 0) is 57.1 Å². The molecule has 1 unspecified atom stereocenters. The first-order valence-electron chi connectivity index (χ1n) is 7.63. The van der Waals surface area contributed by atoms with Crippen LogP contribution in [0.4, 0.5) is 18.9 Å². The summed E-state index contributed by atoms with van der Waals surface area (Å²) in [5, 5.41) is 11.6. The Morgan fingerprint density at radius 3 is 2.21 bits per heavy atom. The zero-order valence-corrected chi connectivity index (χ0v) is 13.1. The number of hydrogen-bond donors (Lipinski definition) is 2. The Kier molecular flexibility index (Phi) is 5.48. The average molecular weight is 344 g/mol. The minimum absolute atomic E-state index is 0.292. The zero-order chi connectivity index (χ0) is 17.9. The maximum absolute atomic E-state index is 12.5. The van der Waals surface area contributed by atoms with E-state index in [0.29, 0.717) is 31.6 Å². The highest BCUT2D eigenvalue weighted by molar-refractivity contribution is 5.94. The maximum Gasteiger partial charge on any atom is 0.416 e. The maximum atomic E-state index is 12.5. The van der Waals surface area contributed by atoms with Crippen molar-refractivity contribution in [2.24, 2.45) is 5.92 Å². The van der Waals surface area contributed by atoms with Crippen LogP contribution in [0.1, 0.15) is 25.3 Å². The zero-order valence-electron chi connectivity index (χ0n) is 13.1. The lowest BCUT2D eigenvalue weighted by molar-refractivity contribution is -0.143. The Hall–Kier alpha value is -2.09. The number of carboxylic acid groups (broad SMARTS) is 1. The fraction of sp³-hybridized carbons (Fsp3) is 0.500. The molecule has 1 aliphatic heterocycles. The molecule has 0 spiro atoms. The van der Waals surface area contributed by atoms with Crippen LogP contribution in [-0.4, -0.2) is 41.0 Å². The third-order valence-electron chi connectivity index (χ3n) is 4.29. The largest absolute Gasteiger partial charge is 0.481 e. The van der Waals surface area contributed by atoms with E-state index in [-0.39, 0.29) is 11.8 Å². The summed E-state index contributed by atoms with van der Waals surface area (Å²) in [6.07, 6.45) is -3.45. The minimum atomic E-state index is -4.41. The van der Waals surface area contributed by atoms with Crippen LogP contribution in [0.2, 0.25) is 0 Å². The summed E-state index contributed by atoms with van der Waals surface area (Å²) in [4.78, 5) is 25.0. The molecular formula is C16H19F3N2O3. The standard InChI is InChI=1S/C16H19F3N2O3/c1-10(21-8-6-11(7-9-21)15(23)24)14(22)20-13-4-2-12(3-5-13)16(17,18)19/h2-5,10-11H,6-9H2,1H3,(H,20,22)(H,23,24). The van der Waals surface area contributed by atoms with Gasteiger partial charge < -0.3 is 10.4 Å². The molecule has 1 atom stereocenters. The number of carbonyl (C=O) groups excluding carboxylic acids is 1. The molecule has 1 aromatic carbocycles. The van der Waals surface area contributed by atoms with Crippen LogP contribution < -0.4 is 5.32 Å². The summed E-state index contributed by atoms with van der Waals surface area (Å²) >= 11 is 0. The summed E-state index contributed by atoms with van der Waals surface area (Å²) in [5.41, 5.74) is -0.482. The monoisotopic (exact) mass is 344 g/mol. The van der Waals surface area contributed by atoms with Gasteiger partial charge in [0, 0.05) is 5.69 Å². The van der Waals surface area contributed by atoms with Crippen molar-refractivity contribution in [1.82, 2.24) is 4.90 Å². The predicted molar refractivity (Wildman–Crippen MR) is 81.5 cm³/mol. The van der Waals surface area contributed by atoms with Crippen LogP contribution in [0.3, 0.4) is 0 Å². The number of likely N-dealkylation sites (tertiary alicyclic amines) is 1. The van der Waals surface area contributed by atoms with Crippen LogP contribution in [0.15, 0.2) is 24.3 Å². The van der Waals surface area contributed by atoms with Crippen LogP contribution in [-0.2, 0) is 15.8 Å². The van der Waals surface area contributed by atoms with Crippen LogP contribution in [0.5, 0.6) is 0 Å². The van der Waals surface area contributed by atoms with Gasteiger partial charge >= 0.3 is 12.1 Å². The van der Waals surface area contributed by atoms with Crippen molar-refractivity contribution in [1.29, 1.82) is 0 Å². The Bertz CT molecular complexity index is 594. The first-order valence-corrected chi connectivity index (χ1v) is 7.63. The molecule has 1 fully saturated rings. The summed E-state index contributed by atoms with van der Waals surface area (Å²) in [6.45, 7) is 2.69. The molecule has 0 aromatic heterocycles. The summed E-state index contributed by atoms with van der Waals surface area (Å²) < 4.78 is 37.5. The van der Waals surface area contributed by atoms with Crippen molar-refractivity contribution in [2.45, 2.75) is 32.0 Å². The molecule has 1 saturated heterocycles. The molecule has 8 heteroatoms. The first kappa shape index (κ1) is 18.3. The fourth-order valence-electron chi connectivity index (χ4n) is 2.69. The third kappa shape index (κ3) is 4.47. The van der Waals surface area contributed by atoms with E-state index in [0.717, 1.165) is 12.1 Å². The van der Waals surface area contributed by atoms with Gasteiger partial charge in [0.15, 0.2) is 0 Å². The lowest BCUT2D eigenvalue weighted by atomic mass is 9.96. The molecule has 2 N–H and O–H groups in total. The molecule has 5 nitrogen and oxygen atoms in total. The number of nitrogens with zero attached hydrogens (tertiary/aromatic N) is 1. The highest BCUT2D eigenvalue weighted by Gasteiger charge is 2.31. The van der Waals surface area contributed by atoms with Crippen LogP contribution in [0.25, 0.3) is 0 Å². The molecule has 0 radical (unpaired) electrons. The van der Waals surface area contributed by atoms with Gasteiger partial charge in [0.1, 0.15) is 0 Å². The normalized spacial score (nSPS) is 18.2. The number of anilines is 1. The van der Waals surface area contributed by atoms with Crippen molar-refractivity contribution >= 4 is 17.6 Å². The van der Waals surface area contributed by atoms with Gasteiger partial charge in [-0.1, -0.05) is 0 Å². The number of rotatable bonds is 4. The van der Waals surface area contributed by atoms with E-state index in [1.807, 2.05) is 4.90 Å². The Labute approximate surface area is 137 Å². The molecule has 1 amide bonds. The molecule has 1 heterocycles. The summed E-state index contributed by atoms with van der Waals surface area (Å²) in [5.74, 6) is -1.54. The van der Waals surface area contributed by atoms with E-state index in [1.54, 1.807) is 6.92 Å². The number of carbonyl (C=O) groups is 2. The Morgan fingerprint density at radius 1 is 1.21 bits per heavy atom. The van der Waals surface area contributed by atoms with Gasteiger partial charge in [0.2, 0.25) is 5.91 Å². The average Bonchev–Trinajstić information content (AvgIpc) is 2.54. The number of nitrogens with one attached hydrogen (secondary N) is 1. The van der Waals surface area contributed by atoms with Crippen molar-refractivity contribution in [2.75, 3.05) is 18.4 Å². The number of carboxylic acids is 1. The summed E-state index contributed by atoms with van der Waals surface area (Å²) in [6, 6.07) is 3.77. The number of piperidine rings is 1. The van der Waals surface area contributed by atoms with E-state index in [2.05, 4.69) is 5.32 Å². The Morgan fingerprint density at radius 2 is 1.75 bits per heavy atom. The van der Waals surface area contributed by atoms with E-state index in [4.69, 9.17) is 5.11 Å². The molecule has 24 heavy (non-hydrogen) atoms. The lowest BCUT2D eigenvalue weighted by Gasteiger charge is -2.33. The topological polar surface area (TPSA) is 69.6 Å². The highest BCUT2D eigenvalue weighted by atomic mass is 19.4. The van der Waals surface area contributed by atoms with Gasteiger partial charge in [0.25, 0.3) is 0 Å². The van der Waals surface area contributed by atoms with Crippen molar-refractivity contribution in [3.63, 3.8) is 0 Å². The fourth-order valence-corrected chi connectivity index (χ4v) is 2.69. The van der Waals surface area contributed by atoms with E-state index in [9.17, 15) is 22.8 Å². The molecule has 0 bridgehead atoms. The summed E-state index contributed by atoms with van der Waals surface area (Å²) in [7, 11) is 0. The van der Waals surface area contributed by atoms with Crippen LogP contribution in [0, 0.1) is 5.92 Å². The highest BCUT2D eigenvalue weighted by Crippen LogP contribution is 2.30. The second-order valence-electron chi connectivity index (χ2n) is 5.89. The van der Waals surface area contributed by atoms with Gasteiger partial charge in [0.05, 0.1) is 17.5 Å². The van der Waals surface area contributed by atoms with Crippen molar-refractivity contribution in [3.8, 4) is 0 Å². The smallest absolute Gasteiger partial charge is 0.416 e. The van der Waals surface area contributed by atoms with Crippen molar-refractivity contribution in [3.05, 3.63) is 29.8 Å². The molecule has 2 rings (SSSR count). The third-order valence-corrected chi connectivity index (χ3v) is 4.29. The van der Waals surface area contributed by atoms with Gasteiger partial charge in [-0.2, -0.15) is 13.2 Å². The predicted octanol–water partition coefficient (Wildman–Crippen LogP) is 2.83. The van der Waals surface area contributed by atoms with E-state index < -0.39 is 23.8 Å².